The lowest BCUT2D eigenvalue weighted by molar-refractivity contribution is -0.139. The highest BCUT2D eigenvalue weighted by molar-refractivity contribution is 9.15. The Bertz CT molecular complexity index is 429. The summed E-state index contributed by atoms with van der Waals surface area (Å²) in [6, 6.07) is 9.16. The number of ether oxygens (including phenoxy) is 1. The van der Waals surface area contributed by atoms with Gasteiger partial charge in [-0.25, -0.2) is 4.79 Å². The van der Waals surface area contributed by atoms with Crippen molar-refractivity contribution < 1.29 is 14.3 Å². The maximum Gasteiger partial charge on any atom is 0.356 e. The van der Waals surface area contributed by atoms with Gasteiger partial charge in [-0.3, -0.25) is 4.79 Å². The van der Waals surface area contributed by atoms with Crippen LogP contribution in [0.2, 0.25) is 0 Å². The Kier molecular flexibility index (Phi) is 5.42. The maximum atomic E-state index is 11.6. The molecule has 0 heterocycles. The van der Waals surface area contributed by atoms with Gasteiger partial charge in [0.15, 0.2) is 0 Å². The van der Waals surface area contributed by atoms with E-state index in [0.29, 0.717) is 10.9 Å². The van der Waals surface area contributed by atoms with Crippen molar-refractivity contribution in [2.24, 2.45) is 0 Å². The highest BCUT2D eigenvalue weighted by atomic mass is 79.9. The Hall–Kier alpha value is -1.62. The number of carbonyl (C=O) groups is 2. The lowest BCUT2D eigenvalue weighted by Gasteiger charge is -2.08. The van der Waals surface area contributed by atoms with Gasteiger partial charge in [-0.15, -0.1) is 0 Å². The molecule has 0 aliphatic carbocycles. The molecule has 0 saturated heterocycles. The van der Waals surface area contributed by atoms with Crippen LogP contribution in [0.5, 0.6) is 0 Å². The fourth-order valence-corrected chi connectivity index (χ4v) is 1.74. The van der Waals surface area contributed by atoms with Gasteiger partial charge in [-0.1, -0.05) is 30.3 Å². The second-order valence-corrected chi connectivity index (χ2v) is 3.83. The summed E-state index contributed by atoms with van der Waals surface area (Å²) < 4.78 is 5.34. The van der Waals surface area contributed by atoms with Gasteiger partial charge in [-0.2, -0.15) is 0 Å². The number of esters is 1. The minimum atomic E-state index is -0.574. The summed E-state index contributed by atoms with van der Waals surface area (Å²) >= 11 is 3.28. The number of nitrogens with one attached hydrogen (secondary N) is 1. The van der Waals surface area contributed by atoms with E-state index < -0.39 is 5.97 Å². The molecule has 0 bridgehead atoms. The van der Waals surface area contributed by atoms with Crippen molar-refractivity contribution in [3.8, 4) is 0 Å². The zero-order chi connectivity index (χ0) is 12.7. The van der Waals surface area contributed by atoms with Gasteiger partial charge in [-0.05, 0) is 28.4 Å². The van der Waals surface area contributed by atoms with E-state index in [1.807, 2.05) is 30.3 Å². The molecule has 0 fully saturated rings. The quantitative estimate of drug-likeness (QED) is 0.514. The minimum Gasteiger partial charge on any atom is -0.461 e. The van der Waals surface area contributed by atoms with Crippen molar-refractivity contribution in [3.05, 3.63) is 41.6 Å². The van der Waals surface area contributed by atoms with Crippen LogP contribution in [0.3, 0.4) is 0 Å². The maximum absolute atomic E-state index is 11.6. The van der Waals surface area contributed by atoms with E-state index in [1.54, 1.807) is 6.92 Å². The molecule has 0 saturated carbocycles. The summed E-state index contributed by atoms with van der Waals surface area (Å²) in [5.74, 6) is -0.574. The van der Waals surface area contributed by atoms with Crippen LogP contribution in [0.15, 0.2) is 36.0 Å². The molecular weight excluding hydrogens is 286 g/mol. The Morgan fingerprint density at radius 1 is 1.41 bits per heavy atom. The van der Waals surface area contributed by atoms with E-state index >= 15 is 0 Å². The van der Waals surface area contributed by atoms with E-state index in [1.165, 1.54) is 0 Å². The van der Waals surface area contributed by atoms with Crippen molar-refractivity contribution in [2.75, 3.05) is 6.61 Å². The van der Waals surface area contributed by atoms with Crippen molar-refractivity contribution in [3.63, 3.8) is 0 Å². The molecule has 90 valence electrons. The number of rotatable bonds is 5. The first-order valence-corrected chi connectivity index (χ1v) is 5.82. The molecule has 1 rings (SSSR count). The lowest BCUT2D eigenvalue weighted by Crippen LogP contribution is -2.22. The molecule has 17 heavy (non-hydrogen) atoms. The third kappa shape index (κ3) is 3.71. The average molecular weight is 298 g/mol. The molecule has 0 radical (unpaired) electrons. The summed E-state index contributed by atoms with van der Waals surface area (Å²) in [5, 5.41) is 2.34. The molecule has 0 spiro atoms. The van der Waals surface area contributed by atoms with Crippen LogP contribution in [0.4, 0.5) is 0 Å². The largest absolute Gasteiger partial charge is 0.461 e. The fourth-order valence-electron chi connectivity index (χ4n) is 1.20. The normalized spacial score (nSPS) is 11.4. The number of amides is 1. The van der Waals surface area contributed by atoms with Crippen LogP contribution in [-0.2, 0) is 14.3 Å². The number of halogens is 1. The first-order valence-electron chi connectivity index (χ1n) is 5.03. The monoisotopic (exact) mass is 297 g/mol. The third-order valence-electron chi connectivity index (χ3n) is 1.93. The van der Waals surface area contributed by atoms with E-state index in [4.69, 9.17) is 4.74 Å². The topological polar surface area (TPSA) is 55.4 Å². The fraction of sp³-hybridized carbons (Fsp3) is 0.167. The summed E-state index contributed by atoms with van der Waals surface area (Å²) in [7, 11) is 0. The van der Waals surface area contributed by atoms with E-state index in [9.17, 15) is 9.59 Å². The molecule has 4 nitrogen and oxygen atoms in total. The second-order valence-electron chi connectivity index (χ2n) is 3.04. The van der Waals surface area contributed by atoms with Crippen LogP contribution < -0.4 is 5.32 Å². The predicted octanol–water partition coefficient (Wildman–Crippen LogP) is 2.06. The standard InChI is InChI=1S/C12H12BrNO3/c1-2-17-12(16)11(14-8-15)10(13)9-6-4-3-5-7-9/h3-8H,2H2,1H3,(H,14,15)/b11-10-. The summed E-state index contributed by atoms with van der Waals surface area (Å²) in [6.45, 7) is 1.95. The van der Waals surface area contributed by atoms with Crippen molar-refractivity contribution in [1.29, 1.82) is 0 Å². The van der Waals surface area contributed by atoms with Crippen LogP contribution in [0.25, 0.3) is 4.48 Å². The van der Waals surface area contributed by atoms with Gasteiger partial charge in [0.2, 0.25) is 6.41 Å². The Labute approximate surface area is 108 Å². The zero-order valence-corrected chi connectivity index (χ0v) is 10.9. The minimum absolute atomic E-state index is 0.0908. The molecule has 5 heteroatoms. The first kappa shape index (κ1) is 13.4. The second kappa shape index (κ2) is 6.85. The number of hydrogen-bond donors (Lipinski definition) is 1. The molecule has 0 atom stereocenters. The van der Waals surface area contributed by atoms with Crippen molar-refractivity contribution in [2.45, 2.75) is 6.92 Å². The SMILES string of the molecule is CCOC(=O)/C(NC=O)=C(/Br)c1ccccc1. The molecule has 0 aliphatic rings. The lowest BCUT2D eigenvalue weighted by atomic mass is 10.2. The first-order chi connectivity index (χ1) is 8.20. The molecule has 1 N–H and O–H groups in total. The van der Waals surface area contributed by atoms with Crippen LogP contribution >= 0.6 is 15.9 Å². The van der Waals surface area contributed by atoms with Crippen LogP contribution in [0.1, 0.15) is 12.5 Å². The van der Waals surface area contributed by atoms with Crippen molar-refractivity contribution >= 4 is 32.8 Å². The molecular formula is C12H12BrNO3. The molecule has 0 aliphatic heterocycles. The van der Waals surface area contributed by atoms with Gasteiger partial charge in [0.1, 0.15) is 5.70 Å². The zero-order valence-electron chi connectivity index (χ0n) is 9.27. The van der Waals surface area contributed by atoms with Gasteiger partial charge >= 0.3 is 5.97 Å². The van der Waals surface area contributed by atoms with E-state index in [0.717, 1.165) is 5.56 Å². The number of carbonyl (C=O) groups excluding carboxylic acids is 2. The highest BCUT2D eigenvalue weighted by Gasteiger charge is 2.15. The molecule has 0 unspecified atom stereocenters. The van der Waals surface area contributed by atoms with Gasteiger partial charge in [0.05, 0.1) is 11.1 Å². The molecule has 1 amide bonds. The van der Waals surface area contributed by atoms with Gasteiger partial charge < -0.3 is 10.1 Å². The average Bonchev–Trinajstić information content (AvgIpc) is 2.36. The highest BCUT2D eigenvalue weighted by Crippen LogP contribution is 2.24. The van der Waals surface area contributed by atoms with Gasteiger partial charge in [0.25, 0.3) is 0 Å². The molecule has 1 aromatic rings. The molecule has 1 aromatic carbocycles. The summed E-state index contributed by atoms with van der Waals surface area (Å²) in [5.41, 5.74) is 0.873. The Balaban J connectivity index is 3.10. The van der Waals surface area contributed by atoms with Crippen molar-refractivity contribution in [1.82, 2.24) is 5.32 Å². The van der Waals surface area contributed by atoms with E-state index in [-0.39, 0.29) is 12.3 Å². The van der Waals surface area contributed by atoms with Crippen LogP contribution in [0, 0.1) is 0 Å². The number of benzene rings is 1. The van der Waals surface area contributed by atoms with Crippen LogP contribution in [-0.4, -0.2) is 19.0 Å². The van der Waals surface area contributed by atoms with Gasteiger partial charge in [0, 0.05) is 0 Å². The number of hydrogen-bond acceptors (Lipinski definition) is 3. The Morgan fingerprint density at radius 2 is 2.06 bits per heavy atom. The molecule has 0 aromatic heterocycles. The summed E-state index contributed by atoms with van der Waals surface area (Å²) in [4.78, 5) is 22.1. The summed E-state index contributed by atoms with van der Waals surface area (Å²) in [6.07, 6.45) is 0.441. The predicted molar refractivity (Wildman–Crippen MR) is 68.1 cm³/mol. The Morgan fingerprint density at radius 3 is 2.59 bits per heavy atom. The smallest absolute Gasteiger partial charge is 0.356 e. The third-order valence-corrected chi connectivity index (χ3v) is 2.78. The van der Waals surface area contributed by atoms with E-state index in [2.05, 4.69) is 21.2 Å².